The molecular weight excluding hydrogens is 242 g/mol. The normalized spacial score (nSPS) is 22.1. The summed E-state index contributed by atoms with van der Waals surface area (Å²) in [5.41, 5.74) is 10.5. The molecule has 0 bridgehead atoms. The van der Waals surface area contributed by atoms with Crippen LogP contribution in [-0.2, 0) is 6.54 Å². The van der Waals surface area contributed by atoms with E-state index in [1.807, 2.05) is 0 Å². The highest BCUT2D eigenvalue weighted by Crippen LogP contribution is 2.37. The third kappa shape index (κ3) is 3.25. The molecule has 0 saturated heterocycles. The molecular formula is C19H29N. The first kappa shape index (κ1) is 14.1. The third-order valence-corrected chi connectivity index (χ3v) is 5.43. The van der Waals surface area contributed by atoms with Crippen LogP contribution in [0.5, 0.6) is 0 Å². The van der Waals surface area contributed by atoms with Gasteiger partial charge in [0.15, 0.2) is 0 Å². The van der Waals surface area contributed by atoms with E-state index in [1.165, 1.54) is 69.8 Å². The number of nitrogens with two attached hydrogens (primary N) is 1. The molecule has 0 aromatic heterocycles. The van der Waals surface area contributed by atoms with Crippen LogP contribution in [0.2, 0.25) is 0 Å². The van der Waals surface area contributed by atoms with E-state index in [0.29, 0.717) is 6.54 Å². The Morgan fingerprint density at radius 2 is 1.15 bits per heavy atom. The van der Waals surface area contributed by atoms with E-state index in [-0.39, 0.29) is 0 Å². The molecule has 0 atom stereocenters. The molecule has 1 heteroatoms. The van der Waals surface area contributed by atoms with Crippen LogP contribution >= 0.6 is 0 Å². The highest BCUT2D eigenvalue weighted by Gasteiger charge is 2.20. The van der Waals surface area contributed by atoms with Crippen molar-refractivity contribution in [3.63, 3.8) is 0 Å². The topological polar surface area (TPSA) is 26.0 Å². The molecule has 1 nitrogen and oxygen atoms in total. The Balaban J connectivity index is 1.85. The van der Waals surface area contributed by atoms with E-state index in [2.05, 4.69) is 18.2 Å². The summed E-state index contributed by atoms with van der Waals surface area (Å²) in [7, 11) is 0. The number of benzene rings is 1. The molecule has 2 N–H and O–H groups in total. The van der Waals surface area contributed by atoms with Gasteiger partial charge < -0.3 is 5.73 Å². The van der Waals surface area contributed by atoms with Gasteiger partial charge in [-0.2, -0.15) is 0 Å². The minimum atomic E-state index is 0.695. The summed E-state index contributed by atoms with van der Waals surface area (Å²) in [5.74, 6) is 1.61. The van der Waals surface area contributed by atoms with Gasteiger partial charge in [-0.3, -0.25) is 0 Å². The van der Waals surface area contributed by atoms with Crippen molar-refractivity contribution in [2.75, 3.05) is 0 Å². The zero-order chi connectivity index (χ0) is 13.8. The Morgan fingerprint density at radius 1 is 0.700 bits per heavy atom. The van der Waals surface area contributed by atoms with Crippen molar-refractivity contribution in [3.05, 3.63) is 34.9 Å². The Kier molecular flexibility index (Phi) is 4.77. The molecule has 2 fully saturated rings. The second-order valence-corrected chi connectivity index (χ2v) is 6.88. The van der Waals surface area contributed by atoms with Gasteiger partial charge in [0.05, 0.1) is 0 Å². The van der Waals surface area contributed by atoms with Gasteiger partial charge in [-0.25, -0.2) is 0 Å². The lowest BCUT2D eigenvalue weighted by atomic mass is 9.79. The van der Waals surface area contributed by atoms with Gasteiger partial charge in [0, 0.05) is 6.54 Å². The van der Waals surface area contributed by atoms with Crippen LogP contribution in [0.4, 0.5) is 0 Å². The van der Waals surface area contributed by atoms with Gasteiger partial charge in [0.1, 0.15) is 0 Å². The largest absolute Gasteiger partial charge is 0.326 e. The van der Waals surface area contributed by atoms with E-state index >= 15 is 0 Å². The molecule has 0 amide bonds. The van der Waals surface area contributed by atoms with Gasteiger partial charge in [0.25, 0.3) is 0 Å². The van der Waals surface area contributed by atoms with Gasteiger partial charge in [-0.1, -0.05) is 56.7 Å². The Morgan fingerprint density at radius 3 is 1.55 bits per heavy atom. The van der Waals surface area contributed by atoms with Crippen LogP contribution in [0.3, 0.4) is 0 Å². The summed E-state index contributed by atoms with van der Waals surface area (Å²) in [5, 5.41) is 0. The lowest BCUT2D eigenvalue weighted by Crippen LogP contribution is -2.10. The lowest BCUT2D eigenvalue weighted by Gasteiger charge is -2.26. The Hall–Kier alpha value is -0.820. The van der Waals surface area contributed by atoms with E-state index in [1.54, 1.807) is 11.1 Å². The lowest BCUT2D eigenvalue weighted by molar-refractivity contribution is 0.435. The smallest absolute Gasteiger partial charge is 0.0178 e. The SMILES string of the molecule is NCc1cc(C2CCCCC2)cc(C2CCCCC2)c1. The number of rotatable bonds is 3. The highest BCUT2D eigenvalue weighted by molar-refractivity contribution is 5.35. The first-order valence-corrected chi connectivity index (χ1v) is 8.70. The first-order valence-electron chi connectivity index (χ1n) is 8.70. The fourth-order valence-electron chi connectivity index (χ4n) is 4.21. The van der Waals surface area contributed by atoms with Crippen molar-refractivity contribution in [2.24, 2.45) is 5.73 Å². The Labute approximate surface area is 124 Å². The van der Waals surface area contributed by atoms with Crippen molar-refractivity contribution in [3.8, 4) is 0 Å². The van der Waals surface area contributed by atoms with Gasteiger partial charge in [-0.15, -0.1) is 0 Å². The molecule has 3 rings (SSSR count). The fourth-order valence-corrected chi connectivity index (χ4v) is 4.21. The summed E-state index contributed by atoms with van der Waals surface area (Å²) in [6, 6.07) is 7.32. The van der Waals surface area contributed by atoms with Crippen molar-refractivity contribution in [1.82, 2.24) is 0 Å². The summed E-state index contributed by atoms with van der Waals surface area (Å²) >= 11 is 0. The van der Waals surface area contributed by atoms with E-state index in [0.717, 1.165) is 11.8 Å². The molecule has 0 spiro atoms. The molecule has 1 aromatic rings. The van der Waals surface area contributed by atoms with E-state index < -0.39 is 0 Å². The fraction of sp³-hybridized carbons (Fsp3) is 0.684. The van der Waals surface area contributed by atoms with Crippen molar-refractivity contribution >= 4 is 0 Å². The molecule has 2 aliphatic carbocycles. The second-order valence-electron chi connectivity index (χ2n) is 6.88. The van der Waals surface area contributed by atoms with Crippen LogP contribution < -0.4 is 5.73 Å². The molecule has 110 valence electrons. The number of hydrogen-bond donors (Lipinski definition) is 1. The van der Waals surface area contributed by atoms with Crippen LogP contribution in [0, 0.1) is 0 Å². The first-order chi connectivity index (χ1) is 9.86. The van der Waals surface area contributed by atoms with Crippen molar-refractivity contribution < 1.29 is 0 Å². The molecule has 0 unspecified atom stereocenters. The Bertz CT molecular complexity index is 389. The predicted octanol–water partition coefficient (Wildman–Crippen LogP) is 5.24. The van der Waals surface area contributed by atoms with Gasteiger partial charge >= 0.3 is 0 Å². The third-order valence-electron chi connectivity index (χ3n) is 5.43. The maximum absolute atomic E-state index is 5.95. The summed E-state index contributed by atoms with van der Waals surface area (Å²) < 4.78 is 0. The molecule has 0 aliphatic heterocycles. The average molecular weight is 271 g/mol. The maximum atomic E-state index is 5.95. The van der Waals surface area contributed by atoms with E-state index in [9.17, 15) is 0 Å². The van der Waals surface area contributed by atoms with Crippen molar-refractivity contribution in [2.45, 2.75) is 82.6 Å². The zero-order valence-electron chi connectivity index (χ0n) is 12.7. The molecule has 2 aliphatic rings. The van der Waals surface area contributed by atoms with Crippen LogP contribution in [0.1, 0.15) is 92.7 Å². The molecule has 20 heavy (non-hydrogen) atoms. The molecule has 0 radical (unpaired) electrons. The second kappa shape index (κ2) is 6.76. The van der Waals surface area contributed by atoms with Crippen LogP contribution in [0.25, 0.3) is 0 Å². The summed E-state index contributed by atoms with van der Waals surface area (Å²) in [4.78, 5) is 0. The molecule has 0 heterocycles. The molecule has 1 aromatic carbocycles. The minimum absolute atomic E-state index is 0.695. The maximum Gasteiger partial charge on any atom is 0.0178 e. The standard InChI is InChI=1S/C19H29N/c20-14-15-11-18(16-7-3-1-4-8-16)13-19(12-15)17-9-5-2-6-10-17/h11-13,16-17H,1-10,14,20H2. The summed E-state index contributed by atoms with van der Waals surface area (Å²) in [6.07, 6.45) is 14.1. The quantitative estimate of drug-likeness (QED) is 0.799. The van der Waals surface area contributed by atoms with Gasteiger partial charge in [-0.05, 0) is 54.2 Å². The minimum Gasteiger partial charge on any atom is -0.326 e. The van der Waals surface area contributed by atoms with Crippen LogP contribution in [-0.4, -0.2) is 0 Å². The monoisotopic (exact) mass is 271 g/mol. The predicted molar refractivity (Wildman–Crippen MR) is 86.0 cm³/mol. The van der Waals surface area contributed by atoms with Gasteiger partial charge in [0.2, 0.25) is 0 Å². The molecule has 2 saturated carbocycles. The average Bonchev–Trinajstić information content (AvgIpc) is 2.56. The summed E-state index contributed by atoms with van der Waals surface area (Å²) in [6.45, 7) is 0.695. The number of hydrogen-bond acceptors (Lipinski definition) is 1. The van der Waals surface area contributed by atoms with E-state index in [4.69, 9.17) is 5.73 Å². The zero-order valence-corrected chi connectivity index (χ0v) is 12.7. The highest BCUT2D eigenvalue weighted by atomic mass is 14.5. The van der Waals surface area contributed by atoms with Crippen molar-refractivity contribution in [1.29, 1.82) is 0 Å². The van der Waals surface area contributed by atoms with Crippen LogP contribution in [0.15, 0.2) is 18.2 Å².